The number of benzene rings is 1. The van der Waals surface area contributed by atoms with Gasteiger partial charge in [-0.05, 0) is 49.5 Å². The van der Waals surface area contributed by atoms with Crippen LogP contribution in [0, 0.1) is 5.92 Å². The number of ether oxygens (including phenoxy) is 1. The van der Waals surface area contributed by atoms with Crippen LogP contribution >= 0.6 is 11.6 Å². The molecule has 3 nitrogen and oxygen atoms in total. The van der Waals surface area contributed by atoms with Crippen molar-refractivity contribution in [1.29, 1.82) is 0 Å². The molecular weight excluding hydrogens is 262 g/mol. The van der Waals surface area contributed by atoms with Gasteiger partial charge in [-0.15, -0.1) is 0 Å². The molecule has 0 aliphatic carbocycles. The van der Waals surface area contributed by atoms with Crippen LogP contribution < -0.4 is 4.74 Å². The van der Waals surface area contributed by atoms with Crippen LogP contribution in [0.2, 0.25) is 5.02 Å². The summed E-state index contributed by atoms with van der Waals surface area (Å²) >= 11 is 6.39. The Morgan fingerprint density at radius 3 is 2.58 bits per heavy atom. The molecule has 1 fully saturated rings. The Hall–Kier alpha value is -0.770. The number of nitrogens with zero attached hydrogens (tertiary/aromatic N) is 1. The highest BCUT2D eigenvalue weighted by Gasteiger charge is 2.29. The molecule has 2 rings (SSSR count). The molecule has 0 amide bonds. The lowest BCUT2D eigenvalue weighted by Gasteiger charge is -2.32. The highest BCUT2D eigenvalue weighted by Crippen LogP contribution is 2.36. The van der Waals surface area contributed by atoms with Crippen LogP contribution in [0.3, 0.4) is 0 Å². The highest BCUT2D eigenvalue weighted by atomic mass is 35.5. The number of halogens is 1. The third-order valence-corrected chi connectivity index (χ3v) is 4.21. The highest BCUT2D eigenvalue weighted by molar-refractivity contribution is 6.31. The largest absolute Gasteiger partial charge is 0.497 e. The minimum atomic E-state index is 0.170. The Labute approximate surface area is 120 Å². The number of aliphatic hydroxyl groups excluding tert-OH is 1. The SMILES string of the molecule is COc1ccc(C(C(C)CO)N2CCCC2)c(Cl)c1. The average molecular weight is 284 g/mol. The second-order valence-corrected chi connectivity index (χ2v) is 5.64. The summed E-state index contributed by atoms with van der Waals surface area (Å²) < 4.78 is 5.19. The lowest BCUT2D eigenvalue weighted by atomic mass is 9.93. The van der Waals surface area contributed by atoms with Crippen LogP contribution in [0.5, 0.6) is 5.75 Å². The number of aliphatic hydroxyl groups is 1. The van der Waals surface area contributed by atoms with E-state index in [1.54, 1.807) is 7.11 Å². The minimum absolute atomic E-state index is 0.170. The molecule has 1 saturated heterocycles. The molecule has 1 aliphatic rings. The first-order valence-electron chi connectivity index (χ1n) is 6.85. The summed E-state index contributed by atoms with van der Waals surface area (Å²) in [5.74, 6) is 0.939. The van der Waals surface area contributed by atoms with E-state index in [1.807, 2.05) is 18.2 Å². The van der Waals surface area contributed by atoms with E-state index in [2.05, 4.69) is 11.8 Å². The number of hydrogen-bond acceptors (Lipinski definition) is 3. The van der Waals surface area contributed by atoms with Crippen LogP contribution in [0.25, 0.3) is 0 Å². The van der Waals surface area contributed by atoms with E-state index in [1.165, 1.54) is 12.8 Å². The lowest BCUT2D eigenvalue weighted by molar-refractivity contribution is 0.126. The zero-order valence-corrected chi connectivity index (χ0v) is 12.4. The molecule has 19 heavy (non-hydrogen) atoms. The maximum Gasteiger partial charge on any atom is 0.120 e. The molecule has 106 valence electrons. The van der Waals surface area contributed by atoms with Gasteiger partial charge in [0.2, 0.25) is 0 Å². The maximum atomic E-state index is 9.52. The smallest absolute Gasteiger partial charge is 0.120 e. The van der Waals surface area contributed by atoms with E-state index in [4.69, 9.17) is 16.3 Å². The molecule has 0 radical (unpaired) electrons. The van der Waals surface area contributed by atoms with Gasteiger partial charge in [-0.25, -0.2) is 0 Å². The van der Waals surface area contributed by atoms with E-state index in [0.29, 0.717) is 0 Å². The molecule has 0 aromatic heterocycles. The Morgan fingerprint density at radius 1 is 1.37 bits per heavy atom. The van der Waals surface area contributed by atoms with Crippen molar-refractivity contribution in [1.82, 2.24) is 4.90 Å². The normalized spacial score (nSPS) is 19.4. The first-order valence-corrected chi connectivity index (χ1v) is 7.23. The number of methoxy groups -OCH3 is 1. The average Bonchev–Trinajstić information content (AvgIpc) is 2.94. The zero-order chi connectivity index (χ0) is 13.8. The van der Waals surface area contributed by atoms with Crippen molar-refractivity contribution < 1.29 is 9.84 Å². The van der Waals surface area contributed by atoms with Gasteiger partial charge in [0.05, 0.1) is 7.11 Å². The third-order valence-electron chi connectivity index (χ3n) is 3.89. The van der Waals surface area contributed by atoms with Gasteiger partial charge in [0.15, 0.2) is 0 Å². The second kappa shape index (κ2) is 6.60. The van der Waals surface area contributed by atoms with Crippen LogP contribution in [-0.2, 0) is 0 Å². The maximum absolute atomic E-state index is 9.52. The fourth-order valence-electron chi connectivity index (χ4n) is 2.86. The summed E-state index contributed by atoms with van der Waals surface area (Å²) in [6.07, 6.45) is 2.45. The van der Waals surface area contributed by atoms with Crippen molar-refractivity contribution in [3.8, 4) is 5.75 Å². The van der Waals surface area contributed by atoms with E-state index in [-0.39, 0.29) is 18.6 Å². The predicted molar refractivity (Wildman–Crippen MR) is 77.8 cm³/mol. The van der Waals surface area contributed by atoms with Crippen molar-refractivity contribution in [3.63, 3.8) is 0 Å². The molecule has 0 spiro atoms. The molecule has 2 atom stereocenters. The summed E-state index contributed by atoms with van der Waals surface area (Å²) in [5.41, 5.74) is 1.09. The fraction of sp³-hybridized carbons (Fsp3) is 0.600. The monoisotopic (exact) mass is 283 g/mol. The van der Waals surface area contributed by atoms with Crippen LogP contribution in [-0.4, -0.2) is 36.8 Å². The molecule has 1 N–H and O–H groups in total. The topological polar surface area (TPSA) is 32.7 Å². The first-order chi connectivity index (χ1) is 9.17. The van der Waals surface area contributed by atoms with E-state index >= 15 is 0 Å². The van der Waals surface area contributed by atoms with E-state index < -0.39 is 0 Å². The third kappa shape index (κ3) is 3.22. The Morgan fingerprint density at radius 2 is 2.05 bits per heavy atom. The molecule has 1 heterocycles. The van der Waals surface area contributed by atoms with Crippen molar-refractivity contribution in [2.45, 2.75) is 25.8 Å². The summed E-state index contributed by atoms with van der Waals surface area (Å²) in [5, 5.41) is 10.2. The van der Waals surface area contributed by atoms with Gasteiger partial charge in [-0.2, -0.15) is 0 Å². The molecular formula is C15H22ClNO2. The molecule has 4 heteroatoms. The van der Waals surface area contributed by atoms with Crippen LogP contribution in [0.1, 0.15) is 31.4 Å². The number of hydrogen-bond donors (Lipinski definition) is 1. The van der Waals surface area contributed by atoms with Crippen molar-refractivity contribution in [2.75, 3.05) is 26.8 Å². The van der Waals surface area contributed by atoms with Crippen molar-refractivity contribution in [2.24, 2.45) is 5.92 Å². The molecule has 0 bridgehead atoms. The summed E-state index contributed by atoms with van der Waals surface area (Å²) in [4.78, 5) is 2.43. The van der Waals surface area contributed by atoms with Gasteiger partial charge in [0.1, 0.15) is 5.75 Å². The van der Waals surface area contributed by atoms with E-state index in [9.17, 15) is 5.11 Å². The molecule has 1 aromatic rings. The van der Waals surface area contributed by atoms with Crippen LogP contribution in [0.15, 0.2) is 18.2 Å². The second-order valence-electron chi connectivity index (χ2n) is 5.24. The van der Waals surface area contributed by atoms with Gasteiger partial charge < -0.3 is 9.84 Å². The molecule has 0 saturated carbocycles. The molecule has 1 aliphatic heterocycles. The predicted octanol–water partition coefficient (Wildman–Crippen LogP) is 3.11. The number of likely N-dealkylation sites (tertiary alicyclic amines) is 1. The quantitative estimate of drug-likeness (QED) is 0.901. The molecule has 2 unspecified atom stereocenters. The van der Waals surface area contributed by atoms with Gasteiger partial charge in [0, 0.05) is 17.7 Å². The van der Waals surface area contributed by atoms with Gasteiger partial charge in [-0.3, -0.25) is 4.90 Å². The van der Waals surface area contributed by atoms with Crippen molar-refractivity contribution >= 4 is 11.6 Å². The summed E-state index contributed by atoms with van der Waals surface area (Å²) in [6.45, 7) is 4.40. The fourth-order valence-corrected chi connectivity index (χ4v) is 3.14. The molecule has 1 aromatic carbocycles. The standard InChI is InChI=1S/C15H22ClNO2/c1-11(10-18)15(17-7-3-4-8-17)13-6-5-12(19-2)9-14(13)16/h5-6,9,11,15,18H,3-4,7-8,10H2,1-2H3. The minimum Gasteiger partial charge on any atom is -0.497 e. The zero-order valence-electron chi connectivity index (χ0n) is 11.6. The Bertz CT molecular complexity index is 419. The Balaban J connectivity index is 2.31. The van der Waals surface area contributed by atoms with Gasteiger partial charge in [-0.1, -0.05) is 24.6 Å². The summed E-state index contributed by atoms with van der Waals surface area (Å²) in [6, 6.07) is 6.00. The van der Waals surface area contributed by atoms with Gasteiger partial charge >= 0.3 is 0 Å². The Kier molecular flexibility index (Phi) is 5.08. The summed E-state index contributed by atoms with van der Waals surface area (Å²) in [7, 11) is 1.64. The van der Waals surface area contributed by atoms with Gasteiger partial charge in [0.25, 0.3) is 0 Å². The van der Waals surface area contributed by atoms with Crippen LogP contribution in [0.4, 0.5) is 0 Å². The van der Waals surface area contributed by atoms with E-state index in [0.717, 1.165) is 29.4 Å². The lowest BCUT2D eigenvalue weighted by Crippen LogP contribution is -2.32. The van der Waals surface area contributed by atoms with Crippen molar-refractivity contribution in [3.05, 3.63) is 28.8 Å². The number of rotatable bonds is 5. The first kappa shape index (κ1) is 14.6.